The molecule has 10 nitrogen and oxygen atoms in total. The van der Waals surface area contributed by atoms with Gasteiger partial charge in [0.1, 0.15) is 11.3 Å². The van der Waals surface area contributed by atoms with Crippen molar-refractivity contribution in [2.75, 3.05) is 22.8 Å². The molecule has 3 rings (SSSR count). The minimum absolute atomic E-state index is 0.0949. The van der Waals surface area contributed by atoms with Crippen LogP contribution < -0.4 is 15.3 Å². The highest BCUT2D eigenvalue weighted by Crippen LogP contribution is 2.48. The van der Waals surface area contributed by atoms with Crippen LogP contribution in [0.15, 0.2) is 34.3 Å². The lowest BCUT2D eigenvalue weighted by molar-refractivity contribution is -0.128. The van der Waals surface area contributed by atoms with E-state index in [0.717, 1.165) is 6.26 Å². The number of nitrogens with zero attached hydrogens (tertiary/aromatic N) is 2. The monoisotopic (exact) mass is 494 g/mol. The van der Waals surface area contributed by atoms with E-state index in [0.29, 0.717) is 19.4 Å². The van der Waals surface area contributed by atoms with E-state index in [4.69, 9.17) is 6.42 Å². The fourth-order valence-electron chi connectivity index (χ4n) is 3.95. The number of rotatable bonds is 6. The number of benzene rings is 1. The largest absolute Gasteiger partial charge is 0.509 e. The van der Waals surface area contributed by atoms with E-state index >= 15 is 0 Å². The van der Waals surface area contributed by atoms with Crippen molar-refractivity contribution in [2.45, 2.75) is 39.7 Å². The molecule has 0 saturated carbocycles. The van der Waals surface area contributed by atoms with Gasteiger partial charge in [0.15, 0.2) is 5.84 Å². The molecule has 2 aliphatic heterocycles. The van der Waals surface area contributed by atoms with Crippen molar-refractivity contribution in [3.63, 3.8) is 0 Å². The number of carbonyl (C=O) groups excluding carboxylic acids is 1. The zero-order valence-electron chi connectivity index (χ0n) is 18.8. The van der Waals surface area contributed by atoms with Crippen molar-refractivity contribution in [2.24, 2.45) is 10.2 Å². The van der Waals surface area contributed by atoms with Crippen molar-refractivity contribution in [1.29, 1.82) is 0 Å². The summed E-state index contributed by atoms with van der Waals surface area (Å²) in [5.41, 5.74) is -0.428. The van der Waals surface area contributed by atoms with Crippen LogP contribution in [0.1, 0.15) is 33.6 Å². The zero-order valence-corrected chi connectivity index (χ0v) is 20.5. The van der Waals surface area contributed by atoms with E-state index in [1.165, 1.54) is 23.1 Å². The SMILES string of the molecule is C#CCCCN1C(=O)C(C2=NP(=O)(O)c3cc(NS(C)(=O)=O)ccc3N2)=C(O)C1C(C)(C)C. The molecule has 12 heteroatoms. The number of aliphatic hydroxyl groups is 1. The Balaban J connectivity index is 2.03. The number of hydrogen-bond donors (Lipinski definition) is 4. The Bertz CT molecular complexity index is 1260. The Morgan fingerprint density at radius 1 is 1.36 bits per heavy atom. The molecule has 33 heavy (non-hydrogen) atoms. The number of anilines is 2. The fourth-order valence-corrected chi connectivity index (χ4v) is 5.78. The standard InChI is InChI=1S/C21H27N4O6PS/c1-6-7-8-11-25-18(21(2,3)4)17(26)16(20(25)27)19-22-14-10-9-13(24-33(5,30)31)12-15(14)32(28,29)23-19/h1,9-10,12,18,24,26H,7-8,11H2,2-5H3,(H2,22,23,28,29). The summed E-state index contributed by atoms with van der Waals surface area (Å²) in [6, 6.07) is 3.36. The lowest BCUT2D eigenvalue weighted by atomic mass is 9.85. The van der Waals surface area contributed by atoms with Gasteiger partial charge in [0, 0.05) is 18.7 Å². The van der Waals surface area contributed by atoms with E-state index in [2.05, 4.69) is 20.7 Å². The Kier molecular flexibility index (Phi) is 6.41. The number of hydrogen-bond acceptors (Lipinski definition) is 6. The molecule has 0 fully saturated rings. The second kappa shape index (κ2) is 8.52. The summed E-state index contributed by atoms with van der Waals surface area (Å²) in [7, 11) is -7.98. The van der Waals surface area contributed by atoms with Gasteiger partial charge < -0.3 is 20.2 Å². The van der Waals surface area contributed by atoms with Crippen LogP contribution in [0.25, 0.3) is 0 Å². The summed E-state index contributed by atoms with van der Waals surface area (Å²) in [5, 5.41) is 13.8. The number of terminal acetylenes is 1. The second-order valence-corrected chi connectivity index (χ2v) is 12.6. The first-order valence-electron chi connectivity index (χ1n) is 10.2. The van der Waals surface area contributed by atoms with Gasteiger partial charge >= 0.3 is 7.52 Å². The van der Waals surface area contributed by atoms with Gasteiger partial charge in [0.2, 0.25) is 10.0 Å². The Labute approximate surface area is 193 Å². The van der Waals surface area contributed by atoms with Crippen LogP contribution in [-0.2, 0) is 19.4 Å². The number of aliphatic hydroxyl groups excluding tert-OH is 1. The Morgan fingerprint density at radius 3 is 2.61 bits per heavy atom. The molecule has 0 spiro atoms. The van der Waals surface area contributed by atoms with Crippen molar-refractivity contribution in [1.82, 2.24) is 4.90 Å². The van der Waals surface area contributed by atoms with Gasteiger partial charge in [-0.3, -0.25) is 14.1 Å². The molecular weight excluding hydrogens is 467 g/mol. The highest BCUT2D eigenvalue weighted by Gasteiger charge is 2.48. The Hall–Kier alpha value is -2.80. The summed E-state index contributed by atoms with van der Waals surface area (Å²) in [6.07, 6.45) is 7.27. The van der Waals surface area contributed by atoms with Crippen molar-refractivity contribution < 1.29 is 27.8 Å². The number of nitrogens with one attached hydrogen (secondary N) is 2. The Morgan fingerprint density at radius 2 is 2.03 bits per heavy atom. The molecule has 2 heterocycles. The lowest BCUT2D eigenvalue weighted by Gasteiger charge is -2.35. The van der Waals surface area contributed by atoms with Crippen LogP contribution in [0.4, 0.5) is 11.4 Å². The first kappa shape index (κ1) is 24.8. The average molecular weight is 495 g/mol. The van der Waals surface area contributed by atoms with E-state index in [9.17, 15) is 27.8 Å². The maximum Gasteiger partial charge on any atom is 0.346 e. The highest BCUT2D eigenvalue weighted by atomic mass is 32.2. The van der Waals surface area contributed by atoms with Crippen molar-refractivity contribution in [3.8, 4) is 12.3 Å². The number of fused-ring (bicyclic) bond motifs is 1. The highest BCUT2D eigenvalue weighted by molar-refractivity contribution is 7.92. The summed E-state index contributed by atoms with van der Waals surface area (Å²) < 4.78 is 42.1. The van der Waals surface area contributed by atoms with E-state index in [-0.39, 0.29) is 33.8 Å². The normalized spacial score (nSPS) is 23.0. The molecule has 0 aromatic heterocycles. The average Bonchev–Trinajstić information content (AvgIpc) is 2.90. The number of amidine groups is 1. The smallest absolute Gasteiger partial charge is 0.346 e. The molecule has 178 valence electrons. The van der Waals surface area contributed by atoms with Crippen LogP contribution in [0, 0.1) is 17.8 Å². The van der Waals surface area contributed by atoms with Gasteiger partial charge in [-0.1, -0.05) is 20.8 Å². The number of amides is 1. The second-order valence-electron chi connectivity index (χ2n) is 9.06. The van der Waals surface area contributed by atoms with Crippen LogP contribution in [0.3, 0.4) is 0 Å². The molecule has 1 aromatic rings. The molecule has 0 bridgehead atoms. The van der Waals surface area contributed by atoms with E-state index in [1.807, 2.05) is 20.8 Å². The summed E-state index contributed by atoms with van der Waals surface area (Å²) in [5.74, 6) is 1.55. The van der Waals surface area contributed by atoms with Gasteiger partial charge in [-0.25, -0.2) is 8.42 Å². The number of sulfonamides is 1. The van der Waals surface area contributed by atoms with Gasteiger partial charge in [0.05, 0.1) is 23.3 Å². The van der Waals surface area contributed by atoms with Crippen molar-refractivity contribution >= 4 is 46.0 Å². The molecular formula is C21H27N4O6PS. The minimum atomic E-state index is -4.39. The summed E-state index contributed by atoms with van der Waals surface area (Å²) in [4.78, 5) is 25.4. The zero-order chi connectivity index (χ0) is 24.8. The molecule has 0 radical (unpaired) electrons. The predicted octanol–water partition coefficient (Wildman–Crippen LogP) is 2.18. The molecule has 2 aliphatic rings. The molecule has 4 N–H and O–H groups in total. The van der Waals surface area contributed by atoms with Gasteiger partial charge in [-0.05, 0) is 30.0 Å². The predicted molar refractivity (Wildman–Crippen MR) is 128 cm³/mol. The third kappa shape index (κ3) is 5.08. The quantitative estimate of drug-likeness (QED) is 0.269. The van der Waals surface area contributed by atoms with Crippen LogP contribution in [0.2, 0.25) is 0 Å². The number of carbonyl (C=O) groups is 1. The molecule has 0 aliphatic carbocycles. The van der Waals surface area contributed by atoms with Gasteiger partial charge in [-0.15, -0.1) is 12.3 Å². The topological polar surface area (TPSA) is 148 Å². The van der Waals surface area contributed by atoms with Crippen molar-refractivity contribution in [3.05, 3.63) is 29.5 Å². The van der Waals surface area contributed by atoms with Gasteiger partial charge in [0.25, 0.3) is 5.91 Å². The van der Waals surface area contributed by atoms with Crippen LogP contribution in [0.5, 0.6) is 0 Å². The summed E-state index contributed by atoms with van der Waals surface area (Å²) >= 11 is 0. The summed E-state index contributed by atoms with van der Waals surface area (Å²) in [6.45, 7) is 5.92. The minimum Gasteiger partial charge on any atom is -0.509 e. The number of unbranched alkanes of at least 4 members (excludes halogenated alkanes) is 1. The fraction of sp³-hybridized carbons (Fsp3) is 0.429. The molecule has 2 unspecified atom stereocenters. The lowest BCUT2D eigenvalue weighted by Crippen LogP contribution is -2.44. The third-order valence-electron chi connectivity index (χ3n) is 5.18. The maximum atomic E-state index is 13.3. The molecule has 1 amide bonds. The first-order chi connectivity index (χ1) is 15.2. The van der Waals surface area contributed by atoms with Crippen LogP contribution in [-0.4, -0.2) is 53.9 Å². The van der Waals surface area contributed by atoms with Crippen LogP contribution >= 0.6 is 7.52 Å². The van der Waals surface area contributed by atoms with E-state index < -0.39 is 34.9 Å². The maximum absolute atomic E-state index is 13.3. The van der Waals surface area contributed by atoms with Gasteiger partial charge in [-0.2, -0.15) is 4.76 Å². The third-order valence-corrected chi connectivity index (χ3v) is 7.26. The first-order valence-corrected chi connectivity index (χ1v) is 13.7. The molecule has 2 atom stereocenters. The van der Waals surface area contributed by atoms with E-state index in [1.54, 1.807) is 0 Å². The molecule has 1 aromatic carbocycles. The molecule has 0 saturated heterocycles.